The molecule has 9 heteroatoms. The summed E-state index contributed by atoms with van der Waals surface area (Å²) in [5, 5.41) is 8.21. The smallest absolute Gasteiger partial charge is 0.240 e. The number of aromatic nitrogens is 2. The van der Waals surface area contributed by atoms with Crippen LogP contribution in [0, 0.1) is 5.82 Å². The Balaban J connectivity index is 2.01. The third-order valence-corrected chi connectivity index (χ3v) is 7.26. The van der Waals surface area contributed by atoms with E-state index in [1.165, 1.54) is 28.8 Å². The van der Waals surface area contributed by atoms with Gasteiger partial charge in [0.2, 0.25) is 11.8 Å². The highest BCUT2D eigenvalue weighted by molar-refractivity contribution is 8.00. The van der Waals surface area contributed by atoms with E-state index in [1.54, 1.807) is 16.8 Å². The summed E-state index contributed by atoms with van der Waals surface area (Å²) < 4.78 is 15.5. The molecule has 0 aliphatic carbocycles. The summed E-state index contributed by atoms with van der Waals surface area (Å²) >= 11 is 7.84. The lowest BCUT2D eigenvalue weighted by Gasteiger charge is -2.25. The topological polar surface area (TPSA) is 67.2 Å². The molecule has 1 aromatic heterocycles. The number of carbonyl (C=O) groups is 2. The minimum absolute atomic E-state index is 0.0696. The molecule has 0 spiro atoms. The molecule has 0 saturated carbocycles. The van der Waals surface area contributed by atoms with Crippen LogP contribution in [0.4, 0.5) is 10.2 Å². The monoisotopic (exact) mass is 528 g/mol. The fourth-order valence-corrected chi connectivity index (χ4v) is 5.67. The fourth-order valence-electron chi connectivity index (χ4n) is 4.28. The van der Waals surface area contributed by atoms with Crippen molar-refractivity contribution in [3.05, 3.63) is 76.2 Å². The molecule has 36 heavy (non-hydrogen) atoms. The standard InChI is InChI=1S/C27H30ClFN4O2S/c1-16(2)30-21(34)14-32-22(35)15-36-24(17-7-6-8-18(28)13-17)23-25(27(3,4)5)31-33(26(23)32)20-11-9-19(29)10-12-20/h6-13,16,24H,14-15H2,1-5H3,(H,30,34). The van der Waals surface area contributed by atoms with Gasteiger partial charge in [-0.05, 0) is 55.8 Å². The van der Waals surface area contributed by atoms with Crippen LogP contribution in [-0.2, 0) is 15.0 Å². The normalized spacial score (nSPS) is 16.2. The van der Waals surface area contributed by atoms with E-state index in [2.05, 4.69) is 26.1 Å². The van der Waals surface area contributed by atoms with E-state index in [9.17, 15) is 14.0 Å². The molecule has 0 fully saturated rings. The zero-order valence-corrected chi connectivity index (χ0v) is 22.6. The van der Waals surface area contributed by atoms with Gasteiger partial charge in [0.05, 0.1) is 22.4 Å². The van der Waals surface area contributed by atoms with Gasteiger partial charge in [-0.3, -0.25) is 14.5 Å². The number of fused-ring (bicyclic) bond motifs is 1. The van der Waals surface area contributed by atoms with Gasteiger partial charge in [-0.1, -0.05) is 44.5 Å². The largest absolute Gasteiger partial charge is 0.352 e. The molecule has 1 aliphatic rings. The molecule has 0 saturated heterocycles. The van der Waals surface area contributed by atoms with Crippen LogP contribution in [0.5, 0.6) is 0 Å². The Hall–Kier alpha value is -2.84. The van der Waals surface area contributed by atoms with Crippen molar-refractivity contribution in [1.29, 1.82) is 0 Å². The quantitative estimate of drug-likeness (QED) is 0.464. The predicted octanol–water partition coefficient (Wildman–Crippen LogP) is 5.66. The molecule has 2 amide bonds. The van der Waals surface area contributed by atoms with E-state index in [0.29, 0.717) is 16.5 Å². The minimum atomic E-state index is -0.383. The van der Waals surface area contributed by atoms with E-state index in [1.807, 2.05) is 38.1 Å². The Morgan fingerprint density at radius 1 is 1.22 bits per heavy atom. The van der Waals surface area contributed by atoms with Gasteiger partial charge in [-0.2, -0.15) is 5.10 Å². The van der Waals surface area contributed by atoms with Crippen molar-refractivity contribution in [2.75, 3.05) is 17.2 Å². The van der Waals surface area contributed by atoms with Crippen molar-refractivity contribution in [3.8, 4) is 5.69 Å². The molecule has 1 atom stereocenters. The molecule has 1 N–H and O–H groups in total. The molecule has 3 aromatic rings. The van der Waals surface area contributed by atoms with Gasteiger partial charge in [0.25, 0.3) is 0 Å². The first kappa shape index (κ1) is 26.2. The van der Waals surface area contributed by atoms with Crippen molar-refractivity contribution in [2.45, 2.75) is 51.3 Å². The van der Waals surface area contributed by atoms with E-state index in [0.717, 1.165) is 16.8 Å². The maximum absolute atomic E-state index is 13.8. The summed E-state index contributed by atoms with van der Waals surface area (Å²) in [5.41, 5.74) is 2.80. The van der Waals surface area contributed by atoms with E-state index in [4.69, 9.17) is 16.7 Å². The Labute approximate surface area is 220 Å². The first-order valence-electron chi connectivity index (χ1n) is 11.8. The first-order valence-corrected chi connectivity index (χ1v) is 13.2. The van der Waals surface area contributed by atoms with Gasteiger partial charge in [-0.25, -0.2) is 9.07 Å². The number of carbonyl (C=O) groups excluding carboxylic acids is 2. The molecular weight excluding hydrogens is 499 g/mol. The molecule has 0 bridgehead atoms. The number of halogens is 2. The average Bonchev–Trinajstić information content (AvgIpc) is 3.12. The molecule has 4 rings (SSSR count). The van der Waals surface area contributed by atoms with Crippen molar-refractivity contribution < 1.29 is 14.0 Å². The summed E-state index contributed by atoms with van der Waals surface area (Å²) in [6, 6.07) is 13.5. The van der Waals surface area contributed by atoms with Crippen molar-refractivity contribution >= 4 is 41.0 Å². The van der Waals surface area contributed by atoms with Gasteiger partial charge < -0.3 is 5.32 Å². The van der Waals surface area contributed by atoms with Crippen LogP contribution in [0.2, 0.25) is 5.02 Å². The maximum Gasteiger partial charge on any atom is 0.240 e. The molecule has 6 nitrogen and oxygen atoms in total. The summed E-state index contributed by atoms with van der Waals surface area (Å²) in [4.78, 5) is 27.9. The van der Waals surface area contributed by atoms with Crippen molar-refractivity contribution in [3.63, 3.8) is 0 Å². The third kappa shape index (κ3) is 5.44. The van der Waals surface area contributed by atoms with Crippen LogP contribution in [0.15, 0.2) is 48.5 Å². The number of anilines is 1. The zero-order chi connectivity index (χ0) is 26.2. The molecule has 1 aliphatic heterocycles. The minimum Gasteiger partial charge on any atom is -0.352 e. The first-order chi connectivity index (χ1) is 17.0. The maximum atomic E-state index is 13.8. The summed E-state index contributed by atoms with van der Waals surface area (Å²) in [6.07, 6.45) is 0. The Bertz CT molecular complexity index is 1280. The summed E-state index contributed by atoms with van der Waals surface area (Å²) in [5.74, 6) is -0.142. The fraction of sp³-hybridized carbons (Fsp3) is 0.370. The number of benzene rings is 2. The average molecular weight is 529 g/mol. The van der Waals surface area contributed by atoms with Gasteiger partial charge in [-0.15, -0.1) is 11.8 Å². The van der Waals surface area contributed by atoms with Crippen molar-refractivity contribution in [2.24, 2.45) is 0 Å². The second-order valence-electron chi connectivity index (χ2n) is 10.2. The zero-order valence-electron chi connectivity index (χ0n) is 21.0. The molecule has 2 heterocycles. The third-order valence-electron chi connectivity index (χ3n) is 5.77. The highest BCUT2D eigenvalue weighted by atomic mass is 35.5. The molecule has 190 valence electrons. The number of nitrogens with zero attached hydrogens (tertiary/aromatic N) is 3. The van der Waals surface area contributed by atoms with Crippen LogP contribution in [0.3, 0.4) is 0 Å². The van der Waals surface area contributed by atoms with Crippen LogP contribution in [-0.4, -0.2) is 39.9 Å². The number of thioether (sulfide) groups is 1. The van der Waals surface area contributed by atoms with Gasteiger partial charge in [0.15, 0.2) is 0 Å². The number of hydrogen-bond acceptors (Lipinski definition) is 4. The van der Waals surface area contributed by atoms with Crippen LogP contribution in [0.25, 0.3) is 5.69 Å². The van der Waals surface area contributed by atoms with Gasteiger partial charge in [0.1, 0.15) is 18.2 Å². The highest BCUT2D eigenvalue weighted by Crippen LogP contribution is 2.48. The molecule has 1 unspecified atom stereocenters. The molecular formula is C27H30ClFN4O2S. The van der Waals surface area contributed by atoms with Gasteiger partial charge in [0, 0.05) is 22.0 Å². The van der Waals surface area contributed by atoms with Crippen molar-refractivity contribution in [1.82, 2.24) is 15.1 Å². The SMILES string of the molecule is CC(C)NC(=O)CN1C(=O)CSC(c2cccc(Cl)c2)c2c(C(C)(C)C)nn(-c3ccc(F)cc3)c21. The number of nitrogens with one attached hydrogen (secondary N) is 1. The number of rotatable bonds is 5. The Morgan fingerprint density at radius 2 is 1.92 bits per heavy atom. The lowest BCUT2D eigenvalue weighted by Crippen LogP contribution is -2.44. The van der Waals surface area contributed by atoms with E-state index >= 15 is 0 Å². The highest BCUT2D eigenvalue weighted by Gasteiger charge is 2.40. The second-order valence-corrected chi connectivity index (χ2v) is 11.7. The number of hydrogen-bond donors (Lipinski definition) is 1. The Kier molecular flexibility index (Phi) is 7.48. The number of amides is 2. The second kappa shape index (κ2) is 10.3. The lowest BCUT2D eigenvalue weighted by molar-refractivity contribution is -0.123. The van der Waals surface area contributed by atoms with E-state index < -0.39 is 0 Å². The lowest BCUT2D eigenvalue weighted by atomic mass is 9.87. The van der Waals surface area contributed by atoms with Crippen LogP contribution >= 0.6 is 23.4 Å². The summed E-state index contributed by atoms with van der Waals surface area (Å²) in [7, 11) is 0. The Morgan fingerprint density at radius 3 is 2.53 bits per heavy atom. The summed E-state index contributed by atoms with van der Waals surface area (Å²) in [6.45, 7) is 9.79. The van der Waals surface area contributed by atoms with E-state index in [-0.39, 0.29) is 46.6 Å². The molecule has 2 aromatic carbocycles. The van der Waals surface area contributed by atoms with Gasteiger partial charge >= 0.3 is 0 Å². The van der Waals surface area contributed by atoms with Crippen LogP contribution in [0.1, 0.15) is 56.7 Å². The predicted molar refractivity (Wildman–Crippen MR) is 144 cm³/mol. The molecule has 0 radical (unpaired) electrons. The van der Waals surface area contributed by atoms with Crippen LogP contribution < -0.4 is 10.2 Å².